The van der Waals surface area contributed by atoms with E-state index in [2.05, 4.69) is 30.6 Å². The first-order valence-electron chi connectivity index (χ1n) is 12.4. The zero-order valence-corrected chi connectivity index (χ0v) is 22.1. The van der Waals surface area contributed by atoms with E-state index in [0.717, 1.165) is 16.5 Å². The molecule has 0 aliphatic rings. The van der Waals surface area contributed by atoms with Gasteiger partial charge in [-0.25, -0.2) is 23.4 Å². The van der Waals surface area contributed by atoms with E-state index in [1.165, 1.54) is 24.3 Å². The van der Waals surface area contributed by atoms with Gasteiger partial charge in [0.15, 0.2) is 0 Å². The van der Waals surface area contributed by atoms with Crippen LogP contribution in [-0.4, -0.2) is 37.4 Å². The molecule has 2 aromatic heterocycles. The molecule has 0 fully saturated rings. The van der Waals surface area contributed by atoms with Gasteiger partial charge in [0, 0.05) is 13.1 Å². The van der Waals surface area contributed by atoms with E-state index in [1.54, 1.807) is 13.0 Å². The number of benzene rings is 2. The van der Waals surface area contributed by atoms with Gasteiger partial charge in [0.1, 0.15) is 28.6 Å². The highest BCUT2D eigenvalue weighted by Crippen LogP contribution is 2.22. The van der Waals surface area contributed by atoms with Crippen LogP contribution in [0.1, 0.15) is 48.0 Å². The second kappa shape index (κ2) is 11.0. The highest BCUT2D eigenvalue weighted by atomic mass is 19.1. The number of halogens is 1. The van der Waals surface area contributed by atoms with E-state index in [0.29, 0.717) is 16.7 Å². The average molecular weight is 589 g/mol. The van der Waals surface area contributed by atoms with E-state index in [4.69, 9.17) is 5.73 Å². The highest BCUT2D eigenvalue weighted by molar-refractivity contribution is 5.98. The predicted molar refractivity (Wildman–Crippen MR) is 147 cm³/mol. The average Bonchev–Trinajstić information content (AvgIpc) is 3.37. The Bertz CT molecular complexity index is 2090. The molecule has 0 bridgehead atoms. The zero-order chi connectivity index (χ0) is 31.0. The number of aromatic nitrogens is 3. The first kappa shape index (κ1) is 28.3. The van der Waals surface area contributed by atoms with Crippen molar-refractivity contribution in [3.8, 4) is 0 Å². The second-order valence-electron chi connectivity index (χ2n) is 9.32. The molecule has 0 radical (unpaired) electrons. The molecular weight excluding hydrogens is 569 g/mol. The van der Waals surface area contributed by atoms with E-state index in [9.17, 15) is 38.3 Å². The summed E-state index contributed by atoms with van der Waals surface area (Å²) in [5, 5.41) is 20.3. The van der Waals surface area contributed by atoms with Crippen molar-refractivity contribution < 1.29 is 28.4 Å². The minimum Gasteiger partial charge on any atom is -0.478 e. The number of aromatic carboxylic acids is 1. The SMILES string of the molecule is Cc1cc(CNC(=O)c2cc(C(=O)NCc3ccc(F)c(Nc4c(N)c(=O)c4=O)c3)n3c(=O)onc3n2)ccc1C(=O)O. The topological polar surface area (TPSA) is 228 Å². The third-order valence-electron chi connectivity index (χ3n) is 6.45. The summed E-state index contributed by atoms with van der Waals surface area (Å²) in [6, 6.07) is 9.31. The van der Waals surface area contributed by atoms with Crippen LogP contribution >= 0.6 is 0 Å². The molecule has 15 nitrogen and oxygen atoms in total. The molecule has 0 saturated carbocycles. The summed E-state index contributed by atoms with van der Waals surface area (Å²) in [6.45, 7) is 1.43. The standard InChI is InChI=1S/C27H20FN7O8/c1-11-6-12(2-4-14(11)25(40)41)9-30-23(38)17-8-18(35-26(33-17)34-43-27(35)42)24(39)31-10-13-3-5-15(28)16(7-13)32-20-19(29)21(36)22(20)37/h2-8,32H,9-10,29H2,1H3,(H,30,38)(H,31,39)(H,40,41). The molecule has 16 heteroatoms. The Labute approximate surface area is 238 Å². The van der Waals surface area contributed by atoms with Gasteiger partial charge >= 0.3 is 11.7 Å². The molecule has 0 unspecified atom stereocenters. The van der Waals surface area contributed by atoms with Crippen molar-refractivity contribution in [2.24, 2.45) is 0 Å². The number of carbonyl (C=O) groups excluding carboxylic acids is 2. The van der Waals surface area contributed by atoms with Crippen LogP contribution in [0, 0.1) is 12.7 Å². The molecule has 0 aliphatic heterocycles. The lowest BCUT2D eigenvalue weighted by Gasteiger charge is -2.13. The van der Waals surface area contributed by atoms with Crippen molar-refractivity contribution in [1.29, 1.82) is 0 Å². The van der Waals surface area contributed by atoms with Gasteiger partial charge in [-0.3, -0.25) is 23.7 Å². The Balaban J connectivity index is 1.33. The molecule has 5 aromatic rings. The number of aryl methyl sites for hydroxylation is 1. The monoisotopic (exact) mass is 589 g/mol. The van der Waals surface area contributed by atoms with Crippen LogP contribution in [0.2, 0.25) is 0 Å². The molecule has 6 N–H and O–H groups in total. The number of amides is 2. The van der Waals surface area contributed by atoms with Crippen molar-refractivity contribution in [2.75, 3.05) is 11.1 Å². The molecule has 2 amide bonds. The summed E-state index contributed by atoms with van der Waals surface area (Å²) in [5.74, 6) is -4.79. The van der Waals surface area contributed by atoms with Gasteiger partial charge < -0.3 is 26.8 Å². The fourth-order valence-corrected chi connectivity index (χ4v) is 4.20. The largest absolute Gasteiger partial charge is 0.478 e. The van der Waals surface area contributed by atoms with Crippen LogP contribution in [0.15, 0.2) is 61.4 Å². The van der Waals surface area contributed by atoms with E-state index in [-0.39, 0.29) is 52.9 Å². The number of hydrogen-bond acceptors (Lipinski definition) is 11. The zero-order valence-electron chi connectivity index (χ0n) is 22.1. The number of carbonyl (C=O) groups is 3. The summed E-state index contributed by atoms with van der Waals surface area (Å²) in [4.78, 5) is 76.5. The number of anilines is 3. The van der Waals surface area contributed by atoms with Gasteiger partial charge in [0.05, 0.1) is 11.3 Å². The molecular formula is C27H20FN7O8. The maximum Gasteiger partial charge on any atom is 0.448 e. The smallest absolute Gasteiger partial charge is 0.448 e. The number of nitrogen functional groups attached to an aromatic ring is 1. The Morgan fingerprint density at radius 2 is 1.65 bits per heavy atom. The van der Waals surface area contributed by atoms with Crippen LogP contribution in [-0.2, 0) is 13.1 Å². The van der Waals surface area contributed by atoms with Gasteiger partial charge in [-0.2, -0.15) is 0 Å². The van der Waals surface area contributed by atoms with Crippen LogP contribution in [0.25, 0.3) is 5.78 Å². The Morgan fingerprint density at radius 3 is 2.33 bits per heavy atom. The summed E-state index contributed by atoms with van der Waals surface area (Å²) in [7, 11) is 0. The van der Waals surface area contributed by atoms with Crippen molar-refractivity contribution in [3.05, 3.63) is 113 Å². The van der Waals surface area contributed by atoms with Gasteiger partial charge in [-0.05, 0) is 53.0 Å². The number of carboxylic acids is 1. The molecule has 0 aliphatic carbocycles. The Morgan fingerprint density at radius 1 is 0.977 bits per heavy atom. The molecule has 5 rings (SSSR count). The molecule has 218 valence electrons. The van der Waals surface area contributed by atoms with Gasteiger partial charge in [-0.15, -0.1) is 0 Å². The summed E-state index contributed by atoms with van der Waals surface area (Å²) < 4.78 is 19.7. The third kappa shape index (κ3) is 5.43. The second-order valence-corrected chi connectivity index (χ2v) is 9.32. The molecule has 2 heterocycles. The van der Waals surface area contributed by atoms with Gasteiger partial charge in [0.25, 0.3) is 28.4 Å². The fraction of sp³-hybridized carbons (Fsp3) is 0.111. The molecule has 0 atom stereocenters. The van der Waals surface area contributed by atoms with E-state index >= 15 is 0 Å². The van der Waals surface area contributed by atoms with Crippen molar-refractivity contribution in [2.45, 2.75) is 20.0 Å². The quantitative estimate of drug-likeness (QED) is 0.149. The first-order valence-corrected chi connectivity index (χ1v) is 12.4. The molecule has 43 heavy (non-hydrogen) atoms. The molecule has 0 spiro atoms. The first-order chi connectivity index (χ1) is 20.4. The third-order valence-corrected chi connectivity index (χ3v) is 6.45. The van der Waals surface area contributed by atoms with Crippen LogP contribution < -0.4 is 38.3 Å². The summed E-state index contributed by atoms with van der Waals surface area (Å²) >= 11 is 0. The minimum atomic E-state index is -1.08. The number of carboxylic acid groups (broad SMARTS) is 1. The highest BCUT2D eigenvalue weighted by Gasteiger charge is 2.22. The van der Waals surface area contributed by atoms with Crippen molar-refractivity contribution in [1.82, 2.24) is 25.2 Å². The number of nitrogens with zero attached hydrogens (tertiary/aromatic N) is 3. The normalized spacial score (nSPS) is 11.0. The lowest BCUT2D eigenvalue weighted by molar-refractivity contribution is 0.0695. The maximum absolute atomic E-state index is 14.3. The van der Waals surface area contributed by atoms with Crippen LogP contribution in [0.3, 0.4) is 0 Å². The number of hydrogen-bond donors (Lipinski definition) is 5. The van der Waals surface area contributed by atoms with E-state index < -0.39 is 40.2 Å². The number of fused-ring (bicyclic) bond motifs is 1. The summed E-state index contributed by atoms with van der Waals surface area (Å²) in [6.07, 6.45) is 0. The van der Waals surface area contributed by atoms with Crippen molar-refractivity contribution in [3.63, 3.8) is 0 Å². The maximum atomic E-state index is 14.3. The fourth-order valence-electron chi connectivity index (χ4n) is 4.20. The number of nitrogens with two attached hydrogens (primary N) is 1. The lowest BCUT2D eigenvalue weighted by Crippen LogP contribution is -2.36. The summed E-state index contributed by atoms with van der Waals surface area (Å²) in [5.41, 5.74) is 3.96. The number of nitrogens with one attached hydrogen (secondary N) is 3. The number of rotatable bonds is 9. The predicted octanol–water partition coefficient (Wildman–Crippen LogP) is 0.610. The van der Waals surface area contributed by atoms with Crippen LogP contribution in [0.4, 0.5) is 21.5 Å². The molecule has 3 aromatic carbocycles. The Kier molecular flexibility index (Phi) is 7.25. The van der Waals surface area contributed by atoms with Crippen molar-refractivity contribution >= 4 is 40.6 Å². The van der Waals surface area contributed by atoms with Gasteiger partial charge in [-0.1, -0.05) is 18.2 Å². The Hall–Kier alpha value is -6.19. The van der Waals surface area contributed by atoms with Crippen LogP contribution in [0.5, 0.6) is 0 Å². The minimum absolute atomic E-state index is 0.00281. The lowest BCUT2D eigenvalue weighted by atomic mass is 10.1. The van der Waals surface area contributed by atoms with E-state index in [1.807, 2.05) is 0 Å². The molecule has 0 saturated heterocycles. The van der Waals surface area contributed by atoms with Gasteiger partial charge in [0.2, 0.25) is 0 Å².